The summed E-state index contributed by atoms with van der Waals surface area (Å²) < 4.78 is 2.19. The third-order valence-corrected chi connectivity index (χ3v) is 3.71. The molecule has 1 fully saturated rings. The summed E-state index contributed by atoms with van der Waals surface area (Å²) in [5, 5.41) is 4.36. The van der Waals surface area contributed by atoms with Crippen LogP contribution in [0.1, 0.15) is 19.3 Å². The van der Waals surface area contributed by atoms with E-state index in [-0.39, 0.29) is 5.43 Å². The fraction of sp³-hybridized carbons (Fsp3) is 0.400. The van der Waals surface area contributed by atoms with Crippen LogP contribution in [0.15, 0.2) is 41.3 Å². The Morgan fingerprint density at radius 3 is 2.94 bits per heavy atom. The average molecular weight is 242 g/mol. The van der Waals surface area contributed by atoms with Gasteiger partial charge in [0.2, 0.25) is 0 Å². The van der Waals surface area contributed by atoms with Crippen LogP contribution in [-0.2, 0) is 6.54 Å². The van der Waals surface area contributed by atoms with Crippen molar-refractivity contribution in [3.05, 3.63) is 46.8 Å². The molecule has 1 N–H and O–H groups in total. The lowest BCUT2D eigenvalue weighted by molar-refractivity contribution is 0.366. The molecule has 1 atom stereocenters. The minimum atomic E-state index is 0.110. The van der Waals surface area contributed by atoms with Crippen molar-refractivity contribution in [2.24, 2.45) is 0 Å². The highest BCUT2D eigenvalue weighted by Crippen LogP contribution is 2.13. The molecule has 2 aromatic rings. The highest BCUT2D eigenvalue weighted by atomic mass is 16.1. The Morgan fingerprint density at radius 1 is 1.22 bits per heavy atom. The molecule has 0 aliphatic carbocycles. The van der Waals surface area contributed by atoms with Crippen LogP contribution in [0.2, 0.25) is 0 Å². The van der Waals surface area contributed by atoms with Gasteiger partial charge in [-0.2, -0.15) is 0 Å². The van der Waals surface area contributed by atoms with E-state index in [2.05, 4.69) is 9.88 Å². The van der Waals surface area contributed by atoms with Crippen LogP contribution in [0.3, 0.4) is 0 Å². The van der Waals surface area contributed by atoms with Gasteiger partial charge in [0.25, 0.3) is 0 Å². The first kappa shape index (κ1) is 11.5. The number of hydrogen-bond donors (Lipinski definition) is 1. The number of nitrogens with zero attached hydrogens (tertiary/aromatic N) is 1. The van der Waals surface area contributed by atoms with Gasteiger partial charge in [0, 0.05) is 30.2 Å². The van der Waals surface area contributed by atoms with Crippen molar-refractivity contribution in [2.45, 2.75) is 31.8 Å². The van der Waals surface area contributed by atoms with Gasteiger partial charge in [-0.3, -0.25) is 4.79 Å². The SMILES string of the molecule is O=c1ccn(CC2CCCCN2)c2ccccc12. The van der Waals surface area contributed by atoms with E-state index in [0.717, 1.165) is 24.0 Å². The van der Waals surface area contributed by atoms with E-state index in [1.807, 2.05) is 30.5 Å². The lowest BCUT2D eigenvalue weighted by Gasteiger charge is -2.25. The number of rotatable bonds is 2. The maximum atomic E-state index is 11.8. The van der Waals surface area contributed by atoms with E-state index in [4.69, 9.17) is 0 Å². The first-order valence-corrected chi connectivity index (χ1v) is 6.66. The highest BCUT2D eigenvalue weighted by molar-refractivity contribution is 5.78. The van der Waals surface area contributed by atoms with Gasteiger partial charge in [-0.15, -0.1) is 0 Å². The van der Waals surface area contributed by atoms with Gasteiger partial charge in [0.1, 0.15) is 0 Å². The van der Waals surface area contributed by atoms with Crippen LogP contribution < -0.4 is 10.7 Å². The van der Waals surface area contributed by atoms with Crippen LogP contribution in [-0.4, -0.2) is 17.2 Å². The second-order valence-corrected chi connectivity index (χ2v) is 5.00. The predicted octanol–water partition coefficient (Wildman–Crippen LogP) is 2.14. The normalized spacial score (nSPS) is 20.1. The fourth-order valence-corrected chi connectivity index (χ4v) is 2.74. The number of hydrogen-bond acceptors (Lipinski definition) is 2. The van der Waals surface area contributed by atoms with E-state index in [1.54, 1.807) is 6.07 Å². The number of piperidine rings is 1. The molecule has 0 spiro atoms. The van der Waals surface area contributed by atoms with E-state index in [1.165, 1.54) is 19.3 Å². The molecule has 0 saturated carbocycles. The Hall–Kier alpha value is -1.61. The molecule has 1 aromatic heterocycles. The Morgan fingerprint density at radius 2 is 2.11 bits per heavy atom. The molecule has 1 aliphatic heterocycles. The summed E-state index contributed by atoms with van der Waals surface area (Å²) in [6.07, 6.45) is 5.72. The number of fused-ring (bicyclic) bond motifs is 1. The first-order valence-electron chi connectivity index (χ1n) is 6.66. The van der Waals surface area contributed by atoms with Crippen LogP contribution in [0.25, 0.3) is 10.9 Å². The molecule has 1 saturated heterocycles. The van der Waals surface area contributed by atoms with Crippen LogP contribution in [0, 0.1) is 0 Å². The molecule has 1 unspecified atom stereocenters. The van der Waals surface area contributed by atoms with Crippen molar-refractivity contribution in [3.8, 4) is 0 Å². The number of benzene rings is 1. The smallest absolute Gasteiger partial charge is 0.189 e. The average Bonchev–Trinajstić information content (AvgIpc) is 2.44. The number of pyridine rings is 1. The quantitative estimate of drug-likeness (QED) is 0.875. The monoisotopic (exact) mass is 242 g/mol. The number of nitrogens with one attached hydrogen (secondary N) is 1. The molecule has 18 heavy (non-hydrogen) atoms. The Bertz CT molecular complexity index is 597. The lowest BCUT2D eigenvalue weighted by Crippen LogP contribution is -2.37. The summed E-state index contributed by atoms with van der Waals surface area (Å²) in [7, 11) is 0. The summed E-state index contributed by atoms with van der Waals surface area (Å²) in [5.41, 5.74) is 1.15. The van der Waals surface area contributed by atoms with E-state index in [0.29, 0.717) is 6.04 Å². The third kappa shape index (κ3) is 2.18. The molecule has 1 aliphatic rings. The lowest BCUT2D eigenvalue weighted by atomic mass is 10.0. The zero-order chi connectivity index (χ0) is 12.4. The maximum absolute atomic E-state index is 11.8. The Kier molecular flexibility index (Phi) is 3.15. The van der Waals surface area contributed by atoms with Gasteiger partial charge in [-0.1, -0.05) is 18.6 Å². The van der Waals surface area contributed by atoms with Gasteiger partial charge < -0.3 is 9.88 Å². The Balaban J connectivity index is 1.96. The van der Waals surface area contributed by atoms with Crippen molar-refractivity contribution in [1.82, 2.24) is 9.88 Å². The molecule has 0 amide bonds. The second kappa shape index (κ2) is 4.94. The second-order valence-electron chi connectivity index (χ2n) is 5.00. The molecular weight excluding hydrogens is 224 g/mol. The molecule has 94 valence electrons. The summed E-state index contributed by atoms with van der Waals surface area (Å²) in [6, 6.07) is 10.1. The van der Waals surface area contributed by atoms with Crippen molar-refractivity contribution >= 4 is 10.9 Å². The van der Waals surface area contributed by atoms with Gasteiger partial charge in [0.05, 0.1) is 5.52 Å². The maximum Gasteiger partial charge on any atom is 0.189 e. The largest absolute Gasteiger partial charge is 0.346 e. The molecule has 3 rings (SSSR count). The molecule has 0 radical (unpaired) electrons. The molecule has 3 nitrogen and oxygen atoms in total. The number of para-hydroxylation sites is 1. The minimum Gasteiger partial charge on any atom is -0.346 e. The van der Waals surface area contributed by atoms with Gasteiger partial charge in [-0.25, -0.2) is 0 Å². The topological polar surface area (TPSA) is 34.0 Å². The predicted molar refractivity (Wildman–Crippen MR) is 73.8 cm³/mol. The minimum absolute atomic E-state index is 0.110. The van der Waals surface area contributed by atoms with Crippen LogP contribution in [0.5, 0.6) is 0 Å². The molecule has 3 heteroatoms. The van der Waals surface area contributed by atoms with Crippen molar-refractivity contribution in [1.29, 1.82) is 0 Å². The zero-order valence-corrected chi connectivity index (χ0v) is 10.4. The van der Waals surface area contributed by atoms with Crippen molar-refractivity contribution in [2.75, 3.05) is 6.54 Å². The fourth-order valence-electron chi connectivity index (χ4n) is 2.74. The summed E-state index contributed by atoms with van der Waals surface area (Å²) >= 11 is 0. The zero-order valence-electron chi connectivity index (χ0n) is 10.4. The van der Waals surface area contributed by atoms with Crippen LogP contribution >= 0.6 is 0 Å². The molecule has 1 aromatic carbocycles. The number of aromatic nitrogens is 1. The summed E-state index contributed by atoms with van der Waals surface area (Å²) in [5.74, 6) is 0. The van der Waals surface area contributed by atoms with Crippen LogP contribution in [0.4, 0.5) is 0 Å². The third-order valence-electron chi connectivity index (χ3n) is 3.71. The molecule has 0 bridgehead atoms. The van der Waals surface area contributed by atoms with Crippen molar-refractivity contribution in [3.63, 3.8) is 0 Å². The van der Waals surface area contributed by atoms with Crippen molar-refractivity contribution < 1.29 is 0 Å². The first-order chi connectivity index (χ1) is 8.84. The van der Waals surface area contributed by atoms with E-state index >= 15 is 0 Å². The van der Waals surface area contributed by atoms with Gasteiger partial charge >= 0.3 is 0 Å². The van der Waals surface area contributed by atoms with E-state index < -0.39 is 0 Å². The summed E-state index contributed by atoms with van der Waals surface area (Å²) in [4.78, 5) is 11.8. The molecule has 2 heterocycles. The summed E-state index contributed by atoms with van der Waals surface area (Å²) in [6.45, 7) is 2.06. The van der Waals surface area contributed by atoms with Gasteiger partial charge in [0.15, 0.2) is 5.43 Å². The van der Waals surface area contributed by atoms with Gasteiger partial charge in [-0.05, 0) is 31.5 Å². The molecular formula is C15H18N2O. The Labute approximate surface area is 106 Å². The van der Waals surface area contributed by atoms with E-state index in [9.17, 15) is 4.79 Å². The standard InChI is InChI=1S/C15H18N2O/c18-15-8-10-17(11-12-5-3-4-9-16-12)14-7-2-1-6-13(14)15/h1-2,6-8,10,12,16H,3-5,9,11H2. The highest BCUT2D eigenvalue weighted by Gasteiger charge is 2.13.